The normalized spacial score (nSPS) is 31.0. The lowest BCUT2D eigenvalue weighted by atomic mass is 9.87. The average molecular weight is 1530 g/mol. The molecule has 4 aliphatic heterocycles. The van der Waals surface area contributed by atoms with Crippen LogP contribution < -0.4 is 16.0 Å². The van der Waals surface area contributed by atoms with Crippen molar-refractivity contribution in [3.8, 4) is 0 Å². The summed E-state index contributed by atoms with van der Waals surface area (Å²) in [6.07, 6.45) is -3.29. The molecule has 32 heteroatoms. The van der Waals surface area contributed by atoms with Gasteiger partial charge in [0.25, 0.3) is 11.6 Å². The maximum atomic E-state index is 13.6. The van der Waals surface area contributed by atoms with E-state index in [4.69, 9.17) is 37.9 Å². The van der Waals surface area contributed by atoms with Gasteiger partial charge in [-0.3, -0.25) is 14.4 Å². The first-order valence-electron chi connectivity index (χ1n) is 39.2. The second-order valence-corrected chi connectivity index (χ2v) is 29.3. The second kappa shape index (κ2) is 51.0. The Morgan fingerprint density at radius 1 is 0.500 bits per heavy atom. The first-order valence-corrected chi connectivity index (χ1v) is 39.2. The van der Waals surface area contributed by atoms with Crippen LogP contribution in [0.15, 0.2) is 12.2 Å². The van der Waals surface area contributed by atoms with E-state index in [2.05, 4.69) is 41.9 Å². The Morgan fingerprint density at radius 2 is 0.943 bits per heavy atom. The molecule has 4 aliphatic rings. The molecule has 0 aromatic carbocycles. The van der Waals surface area contributed by atoms with Crippen LogP contribution in [-0.4, -0.2) is 290 Å². The highest BCUT2D eigenvalue weighted by atomic mass is 16.8. The van der Waals surface area contributed by atoms with Crippen LogP contribution in [-0.2, 0) is 61.9 Å². The molecule has 2 unspecified atom stereocenters. The molecular formula is C74H133N3O29. The lowest BCUT2D eigenvalue weighted by molar-refractivity contribution is -0.388. The molecule has 106 heavy (non-hydrogen) atoms. The number of carboxylic acids is 2. The number of ether oxygens (including phenoxy) is 8. The number of hydrogen-bond acceptors (Lipinski definition) is 27. The van der Waals surface area contributed by atoms with Gasteiger partial charge in [-0.25, -0.2) is 9.59 Å². The zero-order valence-corrected chi connectivity index (χ0v) is 62.9. The van der Waals surface area contributed by atoms with Gasteiger partial charge in [0.1, 0.15) is 85.5 Å². The molecule has 618 valence electrons. The number of hydrogen-bond donors (Lipinski definition) is 19. The average Bonchev–Trinajstić information content (AvgIpc) is 0.758. The molecule has 4 heterocycles. The predicted molar refractivity (Wildman–Crippen MR) is 381 cm³/mol. The summed E-state index contributed by atoms with van der Waals surface area (Å²) < 4.78 is 46.6. The minimum atomic E-state index is -3.39. The van der Waals surface area contributed by atoms with Gasteiger partial charge in [0.15, 0.2) is 12.6 Å². The van der Waals surface area contributed by atoms with Gasteiger partial charge in [-0.1, -0.05) is 187 Å². The van der Waals surface area contributed by atoms with Gasteiger partial charge in [-0.2, -0.15) is 0 Å². The highest BCUT2D eigenvalue weighted by Crippen LogP contribution is 2.41. The second-order valence-electron chi connectivity index (χ2n) is 29.3. The van der Waals surface area contributed by atoms with Crippen LogP contribution in [0.1, 0.15) is 246 Å². The van der Waals surface area contributed by atoms with Crippen molar-refractivity contribution < 1.29 is 144 Å². The van der Waals surface area contributed by atoms with Gasteiger partial charge in [0.2, 0.25) is 17.7 Å². The zero-order chi connectivity index (χ0) is 78.4. The zero-order valence-electron chi connectivity index (χ0n) is 62.9. The number of aliphatic hydroxyl groups is 14. The highest BCUT2D eigenvalue weighted by Gasteiger charge is 2.62. The Hall–Kier alpha value is -3.79. The van der Waals surface area contributed by atoms with Crippen LogP contribution in [0.5, 0.6) is 0 Å². The Bertz CT molecular complexity index is 2480. The number of amides is 3. The van der Waals surface area contributed by atoms with Crippen molar-refractivity contribution in [3.05, 3.63) is 12.2 Å². The summed E-state index contributed by atoms with van der Waals surface area (Å²) in [5.41, 5.74) is 0. The number of aliphatic carboxylic acids is 2. The van der Waals surface area contributed by atoms with Crippen LogP contribution in [0.4, 0.5) is 0 Å². The number of rotatable bonds is 56. The Labute approximate surface area is 624 Å². The summed E-state index contributed by atoms with van der Waals surface area (Å²) in [7, 11) is 0. The number of allylic oxidation sites excluding steroid dienone is 2. The molecule has 4 saturated heterocycles. The first kappa shape index (κ1) is 94.6. The molecule has 4 rings (SSSR count). The van der Waals surface area contributed by atoms with Gasteiger partial charge in [-0.05, 0) is 38.5 Å². The van der Waals surface area contributed by atoms with E-state index < -0.39 is 216 Å². The fourth-order valence-electron chi connectivity index (χ4n) is 14.2. The lowest BCUT2D eigenvalue weighted by Crippen LogP contribution is -2.72. The van der Waals surface area contributed by atoms with E-state index >= 15 is 0 Å². The Morgan fingerprint density at radius 3 is 1.41 bits per heavy atom. The van der Waals surface area contributed by atoms with Crippen LogP contribution in [0.2, 0.25) is 0 Å². The predicted octanol–water partition coefficient (Wildman–Crippen LogP) is 1.90. The van der Waals surface area contributed by atoms with Crippen molar-refractivity contribution in [2.45, 2.75) is 392 Å². The molecule has 3 amide bonds. The molecule has 0 radical (unpaired) electrons. The molecule has 32 nitrogen and oxygen atoms in total. The standard InChI is InChI=1S/C74H133N3O29/c1-5-7-9-11-13-15-17-19-20-21-22-23-24-26-28-30-32-34-36-38-56(88)77-48(49(84)37-35-33-31-29-27-25-18-16-14-12-10-8-6-2)45-99-69-63(93)62(92)65(55(44-81)101-69)102-70-64(94)68(60(90)53(42-79)100-70)106-74(72(97)98)40-51(86)58(76-47(4)83)67(105-74)61(91)54(43-80)103-73(71(95)96)39-50(85)57(75-46(3)82)66(104-73)59(89)52(87)41-78/h19-20,48-55,57-70,78-81,84-87,89-94H,5-18,21-45H2,1-4H3,(H,75,82)(H,76,83)(H,77,88)(H,95,96)(H,97,98)/b20-19-/t48-,49+,50-,51-,52+,53+,54+,55+,57+,58+,59+,60-,61+,62+,63+,64+,65+,66?,67?,68-,69+,70-,73+,74-/m0/s1. The van der Waals surface area contributed by atoms with E-state index in [1.807, 2.05) is 0 Å². The molecule has 0 spiro atoms. The maximum Gasteiger partial charge on any atom is 0.364 e. The third-order valence-corrected chi connectivity index (χ3v) is 20.5. The number of carboxylic acid groups (broad SMARTS) is 2. The van der Waals surface area contributed by atoms with Gasteiger partial charge >= 0.3 is 11.9 Å². The maximum absolute atomic E-state index is 13.6. The quantitative estimate of drug-likeness (QED) is 0.0305. The fourth-order valence-corrected chi connectivity index (χ4v) is 14.2. The summed E-state index contributed by atoms with van der Waals surface area (Å²) in [5, 5.41) is 185. The van der Waals surface area contributed by atoms with Crippen molar-refractivity contribution in [1.82, 2.24) is 16.0 Å². The Balaban J connectivity index is 1.46. The van der Waals surface area contributed by atoms with E-state index in [0.29, 0.717) is 19.3 Å². The SMILES string of the molecule is CCCCCCCC/C=C\CCCCCCCCCCCC(=O)N[C@@H](CO[C@@H]1O[C@H](CO)[C@@H](O[C@@H]2O[C@H](CO)[C@H](O)[C@H](O[C@]3(C(=O)O)C[C@H](O)[C@@H](NC(C)=O)C([C@H](O)[C@@H](CO)O[C@]4(C(=O)O)C[C@H](O)[C@@H](NC(C)=O)C([C@H](O)[C@H](O)CO)O4)O3)[C@H]2O)[C@H](O)[C@H]1O)[C@H](O)CCCCCCCCCCCCCCC. The van der Waals surface area contributed by atoms with Gasteiger partial charge in [0, 0.05) is 33.1 Å². The smallest absolute Gasteiger partial charge is 0.364 e. The van der Waals surface area contributed by atoms with Crippen molar-refractivity contribution in [2.75, 3.05) is 33.0 Å². The molecule has 0 bridgehead atoms. The lowest BCUT2D eigenvalue weighted by Gasteiger charge is -2.51. The highest BCUT2D eigenvalue weighted by molar-refractivity contribution is 5.78. The van der Waals surface area contributed by atoms with Crippen LogP contribution in [0.25, 0.3) is 0 Å². The molecule has 0 aliphatic carbocycles. The number of unbranched alkanes of at least 4 members (excludes halogenated alkanes) is 27. The van der Waals surface area contributed by atoms with E-state index in [0.717, 1.165) is 90.9 Å². The van der Waals surface area contributed by atoms with Crippen molar-refractivity contribution >= 4 is 29.7 Å². The summed E-state index contributed by atoms with van der Waals surface area (Å²) in [5.74, 6) is -13.1. The van der Waals surface area contributed by atoms with Crippen LogP contribution >= 0.6 is 0 Å². The van der Waals surface area contributed by atoms with E-state index in [-0.39, 0.29) is 12.3 Å². The number of nitrogens with one attached hydrogen (secondary N) is 3. The van der Waals surface area contributed by atoms with E-state index in [1.165, 1.54) is 103 Å². The largest absolute Gasteiger partial charge is 0.477 e. The molecule has 0 aromatic heterocycles. The molecule has 0 saturated carbocycles. The third kappa shape index (κ3) is 30.7. The summed E-state index contributed by atoms with van der Waals surface area (Å²) >= 11 is 0. The van der Waals surface area contributed by atoms with Crippen molar-refractivity contribution in [3.63, 3.8) is 0 Å². The molecular weight excluding hydrogens is 1390 g/mol. The number of carbonyl (C=O) groups is 5. The number of carbonyl (C=O) groups excluding carboxylic acids is 3. The monoisotopic (exact) mass is 1530 g/mol. The summed E-state index contributed by atoms with van der Waals surface area (Å²) in [6, 6.07) is -4.64. The van der Waals surface area contributed by atoms with Gasteiger partial charge < -0.3 is 136 Å². The fraction of sp³-hybridized carbons (Fsp3) is 0.905. The Kier molecular flexibility index (Phi) is 45.5. The third-order valence-electron chi connectivity index (χ3n) is 20.5. The molecule has 19 N–H and O–H groups in total. The van der Waals surface area contributed by atoms with Crippen LogP contribution in [0.3, 0.4) is 0 Å². The number of aliphatic hydroxyl groups excluding tert-OH is 14. The van der Waals surface area contributed by atoms with Gasteiger partial charge in [-0.15, -0.1) is 0 Å². The minimum Gasteiger partial charge on any atom is -0.477 e. The summed E-state index contributed by atoms with van der Waals surface area (Å²) in [6.45, 7) is 1.19. The van der Waals surface area contributed by atoms with Crippen molar-refractivity contribution in [1.29, 1.82) is 0 Å². The van der Waals surface area contributed by atoms with Gasteiger partial charge in [0.05, 0.1) is 69.5 Å². The topological polar surface area (TPSA) is 519 Å². The van der Waals surface area contributed by atoms with E-state index in [1.54, 1.807) is 0 Å². The first-order chi connectivity index (χ1) is 50.7. The molecule has 24 atom stereocenters. The van der Waals surface area contributed by atoms with Crippen LogP contribution in [0, 0.1) is 0 Å². The van der Waals surface area contributed by atoms with E-state index in [9.17, 15) is 106 Å². The molecule has 4 fully saturated rings. The minimum absolute atomic E-state index is 0.173. The molecule has 0 aromatic rings. The van der Waals surface area contributed by atoms with Crippen molar-refractivity contribution in [2.24, 2.45) is 0 Å². The summed E-state index contributed by atoms with van der Waals surface area (Å²) in [4.78, 5) is 65.1.